The van der Waals surface area contributed by atoms with Crippen molar-refractivity contribution in [2.45, 2.75) is 79.1 Å². The molecule has 5 nitrogen and oxygen atoms in total. The van der Waals surface area contributed by atoms with Gasteiger partial charge in [-0.25, -0.2) is 9.79 Å². The van der Waals surface area contributed by atoms with Gasteiger partial charge in [0, 0.05) is 30.2 Å². The maximum atomic E-state index is 12.9. The van der Waals surface area contributed by atoms with Gasteiger partial charge in [0.15, 0.2) is 0 Å². The van der Waals surface area contributed by atoms with Gasteiger partial charge in [0.05, 0.1) is 23.6 Å². The molecule has 2 N–H and O–H groups in total. The first-order valence-electron chi connectivity index (χ1n) is 18.4. The van der Waals surface area contributed by atoms with E-state index in [0.717, 1.165) is 70.8 Å². The number of nitrogens with one attached hydrogen (secondary N) is 2. The van der Waals surface area contributed by atoms with E-state index in [2.05, 4.69) is 130 Å². The van der Waals surface area contributed by atoms with E-state index in [1.807, 2.05) is 12.1 Å². The molecule has 4 aliphatic rings. The van der Waals surface area contributed by atoms with E-state index in [-0.39, 0.29) is 5.97 Å². The lowest BCUT2D eigenvalue weighted by Gasteiger charge is -2.16. The smallest absolute Gasteiger partial charge is 0.338 e. The number of rotatable bonds is 7. The highest BCUT2D eigenvalue weighted by Gasteiger charge is 2.23. The Morgan fingerprint density at radius 1 is 0.824 bits per heavy atom. The van der Waals surface area contributed by atoms with Gasteiger partial charge in [-0.3, -0.25) is 0 Å². The fourth-order valence-electron chi connectivity index (χ4n) is 7.51. The molecule has 3 aromatic rings. The molecule has 4 heterocycles. The van der Waals surface area contributed by atoms with Gasteiger partial charge in [-0.2, -0.15) is 0 Å². The maximum Gasteiger partial charge on any atom is 0.338 e. The second-order valence-electron chi connectivity index (χ2n) is 15.3. The highest BCUT2D eigenvalue weighted by atomic mass is 28.3. The minimum Gasteiger partial charge on any atom is -0.462 e. The number of hydrogen-bond donors (Lipinski definition) is 2. The zero-order valence-electron chi connectivity index (χ0n) is 31.1. The van der Waals surface area contributed by atoms with Crippen LogP contribution in [0.15, 0.2) is 111 Å². The largest absolute Gasteiger partial charge is 0.462 e. The van der Waals surface area contributed by atoms with E-state index in [1.165, 1.54) is 50.1 Å². The second-order valence-corrected chi connectivity index (χ2v) is 20.9. The molecule has 0 unspecified atom stereocenters. The zero-order valence-corrected chi connectivity index (χ0v) is 32.1. The van der Waals surface area contributed by atoms with Crippen molar-refractivity contribution in [3.05, 3.63) is 150 Å². The van der Waals surface area contributed by atoms with Crippen molar-refractivity contribution in [3.63, 3.8) is 0 Å². The minimum absolute atomic E-state index is 0.250. The van der Waals surface area contributed by atoms with Gasteiger partial charge >= 0.3 is 5.97 Å². The third kappa shape index (κ3) is 7.29. The number of aromatic amines is 2. The van der Waals surface area contributed by atoms with E-state index in [9.17, 15) is 4.79 Å². The van der Waals surface area contributed by atoms with Gasteiger partial charge in [0.1, 0.15) is 0 Å². The number of ether oxygens (including phenoxy) is 1. The molecule has 7 rings (SSSR count). The van der Waals surface area contributed by atoms with Gasteiger partial charge in [-0.15, -0.1) is 0 Å². The van der Waals surface area contributed by atoms with E-state index in [0.29, 0.717) is 12.2 Å². The molecule has 0 radical (unpaired) electrons. The Morgan fingerprint density at radius 3 is 2.31 bits per heavy atom. The second kappa shape index (κ2) is 14.0. The zero-order chi connectivity index (χ0) is 35.9. The fourth-order valence-corrected chi connectivity index (χ4v) is 8.23. The molecule has 51 heavy (non-hydrogen) atoms. The maximum absolute atomic E-state index is 12.9. The van der Waals surface area contributed by atoms with Crippen LogP contribution in [0, 0.1) is 6.92 Å². The van der Waals surface area contributed by atoms with Crippen molar-refractivity contribution in [1.82, 2.24) is 9.97 Å². The van der Waals surface area contributed by atoms with Gasteiger partial charge in [0.25, 0.3) is 0 Å². The van der Waals surface area contributed by atoms with Crippen LogP contribution in [0.4, 0.5) is 0 Å². The topological polar surface area (TPSA) is 70.2 Å². The summed E-state index contributed by atoms with van der Waals surface area (Å²) in [5.74, 6) is -0.250. The number of benzene rings is 1. The summed E-state index contributed by atoms with van der Waals surface area (Å²) >= 11 is 0. The number of H-pyrrole nitrogens is 2. The SMILES string of the molecule is CCC1=C(C)/C2=C/C3=CC=C(C3)/C(c3ccc(C(=O)OCC[Si](C)(C)C)cc3)=C3C=C/C(=C/c4[nH]c(c(CC)c4C)/C=c4/cc/c([nH]4)=C/C1=N2)C/3. The number of nitrogens with zero attached hydrogens (tertiary/aromatic N) is 1. The van der Waals surface area contributed by atoms with Crippen molar-refractivity contribution < 1.29 is 9.53 Å². The third-order valence-corrected chi connectivity index (χ3v) is 12.1. The molecule has 0 fully saturated rings. The van der Waals surface area contributed by atoms with Crippen LogP contribution in [0.2, 0.25) is 25.7 Å². The quantitative estimate of drug-likeness (QED) is 0.192. The summed E-state index contributed by atoms with van der Waals surface area (Å²) in [6.07, 6.45) is 21.5. The van der Waals surface area contributed by atoms with Crippen LogP contribution in [-0.4, -0.2) is 36.3 Å². The average molecular weight is 692 g/mol. The lowest BCUT2D eigenvalue weighted by atomic mass is 9.89. The Kier molecular flexibility index (Phi) is 9.47. The predicted molar refractivity (Wildman–Crippen MR) is 216 cm³/mol. The number of hydrogen-bond acceptors (Lipinski definition) is 3. The number of aliphatic imine (C=N–C) groups is 1. The van der Waals surface area contributed by atoms with Gasteiger partial charge in [-0.05, 0) is 150 Å². The lowest BCUT2D eigenvalue weighted by Crippen LogP contribution is -2.22. The lowest BCUT2D eigenvalue weighted by molar-refractivity contribution is 0.0525. The molecular formula is C45H49N3O2Si. The van der Waals surface area contributed by atoms with Gasteiger partial charge in [0.2, 0.25) is 0 Å². The van der Waals surface area contributed by atoms with Gasteiger partial charge < -0.3 is 14.7 Å². The third-order valence-electron chi connectivity index (χ3n) is 10.4. The number of fused-ring (bicyclic) bond motifs is 9. The molecule has 0 saturated carbocycles. The van der Waals surface area contributed by atoms with Crippen molar-refractivity contribution in [2.75, 3.05) is 6.61 Å². The van der Waals surface area contributed by atoms with Crippen LogP contribution in [0.3, 0.4) is 0 Å². The molecule has 0 spiro atoms. The number of carbonyl (C=O) groups is 1. The Bertz CT molecular complexity index is 2300. The summed E-state index contributed by atoms with van der Waals surface area (Å²) in [6.45, 7) is 16.2. The van der Waals surface area contributed by atoms with Gasteiger partial charge in [-0.1, -0.05) is 69.9 Å². The van der Waals surface area contributed by atoms with Crippen LogP contribution in [-0.2, 0) is 11.2 Å². The molecule has 6 heteroatoms. The molecule has 2 aliphatic carbocycles. The number of esters is 1. The Morgan fingerprint density at radius 2 is 1.59 bits per heavy atom. The van der Waals surface area contributed by atoms with Crippen molar-refractivity contribution in [2.24, 2.45) is 4.99 Å². The molecule has 0 atom stereocenters. The number of allylic oxidation sites excluding steroid dienone is 12. The molecule has 1 aromatic carbocycles. The summed E-state index contributed by atoms with van der Waals surface area (Å²) in [5.41, 5.74) is 17.5. The first kappa shape index (κ1) is 34.5. The Balaban J connectivity index is 1.31. The van der Waals surface area contributed by atoms with Crippen molar-refractivity contribution in [3.8, 4) is 0 Å². The van der Waals surface area contributed by atoms with E-state index >= 15 is 0 Å². The van der Waals surface area contributed by atoms with Crippen LogP contribution in [0.25, 0.3) is 23.8 Å². The van der Waals surface area contributed by atoms with Crippen molar-refractivity contribution in [1.29, 1.82) is 0 Å². The Labute approximate surface area is 303 Å². The van der Waals surface area contributed by atoms with Crippen LogP contribution < -0.4 is 10.7 Å². The summed E-state index contributed by atoms with van der Waals surface area (Å²) < 4.78 is 5.66. The molecule has 2 aromatic heterocycles. The first-order chi connectivity index (χ1) is 24.5. The standard InChI is InChI=1S/C45H49N3O2Si/c1-8-38-28(3)40-24-30-10-12-34(22-30)44(32-14-16-33(17-15-32)45(49)50-20-21-51(5,6)7)35-13-11-31(23-35)25-41-29(4)39(9-2)43(48-41)27-37-19-18-36(46-37)26-42(38)47-40/h10-19,24-27,46-47H,8-9,20-23H2,1-7H3/b30-24-,31-25?,36-26-,37-27-,40-24?,41-25-,42-26?,43-27?,44-34-,44-35?. The molecule has 10 bridgehead atoms. The molecular weight excluding hydrogens is 643 g/mol. The summed E-state index contributed by atoms with van der Waals surface area (Å²) in [7, 11) is -1.28. The number of carbonyl (C=O) groups excluding carboxylic acids is 1. The first-order valence-corrected chi connectivity index (χ1v) is 22.1. The summed E-state index contributed by atoms with van der Waals surface area (Å²) in [6, 6.07) is 13.3. The van der Waals surface area contributed by atoms with E-state index in [1.54, 1.807) is 0 Å². The highest BCUT2D eigenvalue weighted by Crippen LogP contribution is 2.41. The Hall–Kier alpha value is -4.94. The average Bonchev–Trinajstić information content (AvgIpc) is 3.93. The summed E-state index contributed by atoms with van der Waals surface area (Å²) in [4.78, 5) is 25.5. The fraction of sp³-hybridized carbons (Fsp3) is 0.289. The van der Waals surface area contributed by atoms with E-state index < -0.39 is 8.07 Å². The van der Waals surface area contributed by atoms with Crippen molar-refractivity contribution >= 4 is 43.6 Å². The van der Waals surface area contributed by atoms with Crippen LogP contribution >= 0.6 is 0 Å². The predicted octanol–water partition coefficient (Wildman–Crippen LogP) is 9.45. The highest BCUT2D eigenvalue weighted by molar-refractivity contribution is 6.76. The minimum atomic E-state index is -1.28. The molecule has 260 valence electrons. The van der Waals surface area contributed by atoms with Crippen LogP contribution in [0.1, 0.15) is 78.5 Å². The van der Waals surface area contributed by atoms with Crippen LogP contribution in [0.5, 0.6) is 0 Å². The molecule has 0 saturated heterocycles. The molecule has 0 amide bonds. The monoisotopic (exact) mass is 691 g/mol. The normalized spacial score (nSPS) is 21.8. The number of aromatic nitrogens is 2. The molecule has 2 aliphatic heterocycles. The van der Waals surface area contributed by atoms with E-state index in [4.69, 9.17) is 9.73 Å². The summed E-state index contributed by atoms with van der Waals surface area (Å²) in [5, 5.41) is 2.11.